The van der Waals surface area contributed by atoms with Crippen LogP contribution < -0.4 is 31.2 Å². The van der Waals surface area contributed by atoms with E-state index < -0.39 is 24.0 Å². The van der Waals surface area contributed by atoms with Crippen molar-refractivity contribution < 1.29 is 39.5 Å². The first-order valence-corrected chi connectivity index (χ1v) is 21.6. The zero-order valence-electron chi connectivity index (χ0n) is 24.4. The van der Waals surface area contributed by atoms with E-state index in [2.05, 4.69) is 90.4 Å². The Labute approximate surface area is 420 Å². The van der Waals surface area contributed by atoms with E-state index in [4.69, 9.17) is 20.9 Å². The molecule has 256 valence electrons. The second-order valence-corrected chi connectivity index (χ2v) is 19.0. The summed E-state index contributed by atoms with van der Waals surface area (Å²) in [4.78, 5) is 21.6. The number of ether oxygens (including phenoxy) is 2. The Morgan fingerprint density at radius 2 is 0.796 bits per heavy atom. The number of hydrogen-bond donors (Lipinski definition) is 4. The molecule has 0 bridgehead atoms. The van der Waals surface area contributed by atoms with E-state index >= 15 is 0 Å². The molecule has 49 heavy (non-hydrogen) atoms. The fourth-order valence-electron chi connectivity index (χ4n) is 3.77. The van der Waals surface area contributed by atoms with Crippen molar-refractivity contribution in [3.8, 4) is 34.5 Å². The number of benzene rings is 4. The number of halogens is 8. The van der Waals surface area contributed by atoms with Crippen LogP contribution >= 0.6 is 181 Å². The Morgan fingerprint density at radius 3 is 1.02 bits per heavy atom. The van der Waals surface area contributed by atoms with Gasteiger partial charge in [0.15, 0.2) is 11.5 Å². The van der Waals surface area contributed by atoms with E-state index in [0.29, 0.717) is 37.3 Å². The Bertz CT molecular complexity index is 1640. The zero-order chi connectivity index (χ0) is 36.0. The second-order valence-electron chi connectivity index (χ2n) is 9.71. The number of carbonyl (C=O) groups excluding carboxylic acids is 2. The summed E-state index contributed by atoms with van der Waals surface area (Å²) in [7, 11) is 0. The van der Waals surface area contributed by atoms with Gasteiger partial charge < -0.3 is 51.0 Å². The molecule has 4 aromatic rings. The minimum atomic E-state index is -1.27. The molecule has 0 fully saturated rings. The molecule has 0 aliphatic carbocycles. The Morgan fingerprint density at radius 1 is 0.551 bits per heavy atom. The van der Waals surface area contributed by atoms with Crippen LogP contribution in [0.15, 0.2) is 48.5 Å². The van der Waals surface area contributed by atoms with Crippen LogP contribution in [0.2, 0.25) is 0 Å². The molecule has 0 saturated carbocycles. The zero-order valence-corrected chi connectivity index (χ0v) is 43.9. The van der Waals surface area contributed by atoms with Gasteiger partial charge in [-0.15, -0.1) is 0 Å². The molecule has 0 aliphatic heterocycles. The van der Waals surface area contributed by atoms with Gasteiger partial charge in [0, 0.05) is 12.1 Å². The first-order valence-electron chi connectivity index (χ1n) is 13.0. The van der Waals surface area contributed by atoms with Crippen molar-refractivity contribution in [3.05, 3.63) is 88.2 Å². The van der Waals surface area contributed by atoms with Crippen LogP contribution in [0.4, 0.5) is 0 Å². The van der Waals surface area contributed by atoms with Crippen LogP contribution in [-0.2, 0) is 22.4 Å². The van der Waals surface area contributed by atoms with Gasteiger partial charge in [0.05, 0.1) is 40.5 Å². The molecular weight excluding hydrogens is 1570 g/mol. The topological polar surface area (TPSA) is 191 Å². The van der Waals surface area contributed by atoms with Crippen LogP contribution in [0.1, 0.15) is 11.1 Å². The molecule has 0 unspecified atom stereocenters. The summed E-state index contributed by atoms with van der Waals surface area (Å²) in [6.07, 6.45) is 0.396. The smallest absolute Gasteiger partial charge is 0.548 e. The van der Waals surface area contributed by atoms with Gasteiger partial charge in [-0.05, 0) is 253 Å². The van der Waals surface area contributed by atoms with E-state index in [1.807, 2.05) is 115 Å². The van der Waals surface area contributed by atoms with Crippen molar-refractivity contribution in [2.45, 2.75) is 24.9 Å². The predicted molar refractivity (Wildman–Crippen MR) is 250 cm³/mol. The Balaban J connectivity index is 0.000000333. The second kappa shape index (κ2) is 22.0. The third-order valence-corrected chi connectivity index (χ3v) is 12.5. The summed E-state index contributed by atoms with van der Waals surface area (Å²) in [5.74, 6) is 0.535. The number of rotatable bonds is 10. The molecule has 19 heteroatoms. The number of nitrogens with two attached hydrogens (primary N) is 2. The maximum Gasteiger partial charge on any atom is 2.00 e. The number of aliphatic carboxylic acids is 2. The van der Waals surface area contributed by atoms with Gasteiger partial charge in [-0.25, -0.2) is 0 Å². The summed E-state index contributed by atoms with van der Waals surface area (Å²) in [6, 6.07) is 12.3. The maximum atomic E-state index is 10.8. The van der Waals surface area contributed by atoms with Crippen LogP contribution in [0.25, 0.3) is 0 Å². The molecule has 0 saturated heterocycles. The van der Waals surface area contributed by atoms with Gasteiger partial charge in [-0.1, -0.05) is 0 Å². The molecule has 0 heterocycles. The predicted octanol–water partition coefficient (Wildman–Crippen LogP) is 6.06. The quantitative estimate of drug-likeness (QED) is 0.107. The van der Waals surface area contributed by atoms with E-state index in [9.17, 15) is 30.0 Å². The molecule has 10 nitrogen and oxygen atoms in total. The number of aromatic hydroxyl groups is 2. The van der Waals surface area contributed by atoms with Crippen LogP contribution in [0.3, 0.4) is 0 Å². The van der Waals surface area contributed by atoms with Crippen molar-refractivity contribution in [2.24, 2.45) is 11.5 Å². The summed E-state index contributed by atoms with van der Waals surface area (Å²) in [6.45, 7) is 0. The molecule has 4 rings (SSSR count). The van der Waals surface area contributed by atoms with Gasteiger partial charge >= 0.3 is 37.7 Å². The number of carbonyl (C=O) groups is 2. The van der Waals surface area contributed by atoms with Gasteiger partial charge in [-0.2, -0.15) is 0 Å². The van der Waals surface area contributed by atoms with Crippen molar-refractivity contribution in [1.82, 2.24) is 0 Å². The summed E-state index contributed by atoms with van der Waals surface area (Å²) < 4.78 is 18.1. The average molecular weight is 1590 g/mol. The standard InChI is InChI=1S/2C15H11I4NO4.Ca/c2*16-8-4-7(5-9(17)13(8)21)24-14-10(18)1-6(2-11(14)19)3-12(20)15(22)23;/h2*1-2,4-5,12,21H,3,20H2,(H,22,23);/q;;+2/p-2/t2*12-;/m00./s1. The normalized spacial score (nSPS) is 11.8. The van der Waals surface area contributed by atoms with E-state index in [-0.39, 0.29) is 62.1 Å². The van der Waals surface area contributed by atoms with Gasteiger partial charge in [0.1, 0.15) is 23.0 Å². The van der Waals surface area contributed by atoms with Crippen LogP contribution in [0.5, 0.6) is 34.5 Å². The number of hydrogen-bond acceptors (Lipinski definition) is 10. The van der Waals surface area contributed by atoms with Gasteiger partial charge in [-0.3, -0.25) is 0 Å². The summed E-state index contributed by atoms with van der Waals surface area (Å²) in [5, 5.41) is 41.2. The monoisotopic (exact) mass is 1590 g/mol. The van der Waals surface area contributed by atoms with Crippen molar-refractivity contribution in [3.63, 3.8) is 0 Å². The summed E-state index contributed by atoms with van der Waals surface area (Å²) >= 11 is 16.7. The van der Waals surface area contributed by atoms with Crippen molar-refractivity contribution >= 4 is 230 Å². The van der Waals surface area contributed by atoms with Crippen molar-refractivity contribution in [1.29, 1.82) is 0 Å². The van der Waals surface area contributed by atoms with E-state index in [1.165, 1.54) is 0 Å². The Hall–Kier alpha value is 2.04. The first kappa shape index (κ1) is 47.2. The van der Waals surface area contributed by atoms with E-state index in [0.717, 1.165) is 25.4 Å². The van der Waals surface area contributed by atoms with Crippen molar-refractivity contribution in [2.75, 3.05) is 0 Å². The third-order valence-electron chi connectivity index (χ3n) is 6.05. The van der Waals surface area contributed by atoms with E-state index in [1.54, 1.807) is 24.3 Å². The van der Waals surface area contributed by atoms with Crippen LogP contribution in [0, 0.1) is 28.6 Å². The largest absolute Gasteiger partial charge is 2.00 e. The molecule has 0 amide bonds. The minimum Gasteiger partial charge on any atom is -0.548 e. The van der Waals surface area contributed by atoms with Crippen LogP contribution in [-0.4, -0.2) is 72.0 Å². The average Bonchev–Trinajstić information content (AvgIpc) is 2.98. The minimum absolute atomic E-state index is 0. The first-order chi connectivity index (χ1) is 22.4. The molecule has 0 aliphatic rings. The molecule has 0 aromatic heterocycles. The molecule has 0 radical (unpaired) electrons. The maximum absolute atomic E-state index is 10.8. The molecule has 4 aromatic carbocycles. The fourth-order valence-corrected chi connectivity index (χ4v) is 11.4. The number of carboxylic acids is 2. The molecule has 6 N–H and O–H groups in total. The number of carboxylic acid groups (broad SMARTS) is 2. The molecule has 0 spiro atoms. The number of phenols is 2. The fraction of sp³-hybridized carbons (Fsp3) is 0.133. The molecular formula is C30H20CaI8N2O8. The number of phenolic OH excluding ortho intramolecular Hbond substituents is 2. The molecule has 2 atom stereocenters. The van der Waals surface area contributed by atoms with Gasteiger partial charge in [0.2, 0.25) is 0 Å². The third kappa shape index (κ3) is 14.2. The SMILES string of the molecule is N[C@@H](Cc1cc(I)c(Oc2cc(I)c(O)c(I)c2)c(I)c1)C(=O)[O-].N[C@@H](Cc1cc(I)c(Oc2cc(I)c(O)c(I)c2)c(I)c1)C(=O)[O-].[Ca+2]. The summed E-state index contributed by atoms with van der Waals surface area (Å²) in [5.41, 5.74) is 12.7. The Kier molecular flexibility index (Phi) is 21.1. The van der Waals surface area contributed by atoms with Gasteiger partial charge in [0.25, 0.3) is 0 Å².